The molecule has 1 fully saturated rings. The monoisotopic (exact) mass is 245 g/mol. The zero-order valence-corrected chi connectivity index (χ0v) is 11.3. The molecule has 1 saturated heterocycles. The normalized spacial score (nSPS) is 30.3. The Bertz CT molecular complexity index is 300. The van der Waals surface area contributed by atoms with Crippen molar-refractivity contribution in [3.63, 3.8) is 0 Å². The van der Waals surface area contributed by atoms with Crippen LogP contribution in [-0.4, -0.2) is 41.1 Å². The Morgan fingerprint density at radius 3 is 2.50 bits per heavy atom. The minimum absolute atomic E-state index is 0.00843. The van der Waals surface area contributed by atoms with Crippen molar-refractivity contribution in [2.24, 2.45) is 5.41 Å². The van der Waals surface area contributed by atoms with Crippen LogP contribution in [0, 0.1) is 5.41 Å². The molecule has 0 bridgehead atoms. The van der Waals surface area contributed by atoms with Gasteiger partial charge in [0.1, 0.15) is 5.54 Å². The molecule has 0 radical (unpaired) electrons. The fourth-order valence-corrected chi connectivity index (χ4v) is 3.57. The van der Waals surface area contributed by atoms with E-state index in [1.807, 2.05) is 0 Å². The summed E-state index contributed by atoms with van der Waals surface area (Å²) < 4.78 is 4.78. The van der Waals surface area contributed by atoms with Gasteiger partial charge in [-0.3, -0.25) is 4.79 Å². The summed E-state index contributed by atoms with van der Waals surface area (Å²) in [6, 6.07) is 0. The molecule has 0 unspecified atom stereocenters. The summed E-state index contributed by atoms with van der Waals surface area (Å²) in [6.07, 6.45) is 0.757. The van der Waals surface area contributed by atoms with E-state index in [1.165, 1.54) is 7.11 Å². The van der Waals surface area contributed by atoms with E-state index < -0.39 is 5.54 Å². The zero-order valence-electron chi connectivity index (χ0n) is 10.4. The Hall–Kier alpha value is -0.710. The minimum Gasteiger partial charge on any atom is -0.467 e. The van der Waals surface area contributed by atoms with E-state index in [-0.39, 0.29) is 16.8 Å². The molecule has 1 aliphatic heterocycles. The molecular weight excluding hydrogens is 226 g/mol. The van der Waals surface area contributed by atoms with Crippen LogP contribution in [0.2, 0.25) is 0 Å². The van der Waals surface area contributed by atoms with Crippen molar-refractivity contribution < 1.29 is 14.3 Å². The molecule has 1 amide bonds. The highest BCUT2D eigenvalue weighted by Gasteiger charge is 2.52. The number of hydrogen-bond acceptors (Lipinski definition) is 4. The van der Waals surface area contributed by atoms with E-state index in [0.29, 0.717) is 5.75 Å². The van der Waals surface area contributed by atoms with Gasteiger partial charge in [0.25, 0.3) is 0 Å². The molecule has 0 aromatic heterocycles. The largest absolute Gasteiger partial charge is 0.467 e. The average Bonchev–Trinajstić information content (AvgIpc) is 2.54. The number of hydrogen-bond donors (Lipinski definition) is 0. The van der Waals surface area contributed by atoms with Gasteiger partial charge in [-0.1, -0.05) is 20.8 Å². The van der Waals surface area contributed by atoms with E-state index in [0.717, 1.165) is 6.41 Å². The first-order valence-corrected chi connectivity index (χ1v) is 6.26. The molecule has 0 aromatic carbocycles. The van der Waals surface area contributed by atoms with E-state index in [2.05, 4.69) is 20.8 Å². The summed E-state index contributed by atoms with van der Waals surface area (Å²) in [7, 11) is 1.35. The first kappa shape index (κ1) is 13.4. The molecule has 5 heteroatoms. The second-order valence-electron chi connectivity index (χ2n) is 5.31. The lowest BCUT2D eigenvalue weighted by Gasteiger charge is -2.37. The molecule has 1 rings (SSSR count). The number of amides is 1. The fraction of sp³-hybridized carbons (Fsp3) is 0.818. The summed E-state index contributed by atoms with van der Waals surface area (Å²) >= 11 is 1.63. The topological polar surface area (TPSA) is 46.6 Å². The molecule has 0 N–H and O–H groups in total. The molecular formula is C11H19NO3S. The molecule has 92 valence electrons. The smallest absolute Gasteiger partial charge is 0.332 e. The van der Waals surface area contributed by atoms with Gasteiger partial charge in [0.2, 0.25) is 6.41 Å². The van der Waals surface area contributed by atoms with Crippen molar-refractivity contribution in [2.45, 2.75) is 38.6 Å². The van der Waals surface area contributed by atoms with Crippen LogP contribution in [0.4, 0.5) is 0 Å². The highest BCUT2D eigenvalue weighted by Crippen LogP contribution is 2.44. The summed E-state index contributed by atoms with van der Waals surface area (Å²) in [5.74, 6) is 0.235. The Balaban J connectivity index is 3.02. The number of carbonyl (C=O) groups is 2. The number of methoxy groups -OCH3 is 1. The standard InChI is InChI=1S/C11H19NO3S/c1-10(2,3)8-12(7-13)11(4,6-16-8)9(14)15-5/h7-8H,6H2,1-5H3/t8-,11+/m1/s1. The van der Waals surface area contributed by atoms with Gasteiger partial charge in [0, 0.05) is 5.75 Å². The highest BCUT2D eigenvalue weighted by molar-refractivity contribution is 8.00. The summed E-state index contributed by atoms with van der Waals surface area (Å²) in [5.41, 5.74) is -0.892. The first-order chi connectivity index (χ1) is 7.27. The Morgan fingerprint density at radius 2 is 2.12 bits per heavy atom. The average molecular weight is 245 g/mol. The lowest BCUT2D eigenvalue weighted by Crippen LogP contribution is -2.54. The second kappa shape index (κ2) is 4.28. The van der Waals surface area contributed by atoms with Crippen molar-refractivity contribution in [3.8, 4) is 0 Å². The molecule has 0 aliphatic carbocycles. The Morgan fingerprint density at radius 1 is 1.56 bits per heavy atom. The third-order valence-electron chi connectivity index (χ3n) is 2.82. The van der Waals surface area contributed by atoms with Crippen LogP contribution in [0.1, 0.15) is 27.7 Å². The van der Waals surface area contributed by atoms with Gasteiger partial charge in [0.15, 0.2) is 0 Å². The van der Waals surface area contributed by atoms with Gasteiger partial charge in [0.05, 0.1) is 12.5 Å². The number of ether oxygens (including phenoxy) is 1. The van der Waals surface area contributed by atoms with E-state index in [1.54, 1.807) is 23.6 Å². The van der Waals surface area contributed by atoms with Crippen LogP contribution in [0.3, 0.4) is 0 Å². The van der Waals surface area contributed by atoms with Crippen molar-refractivity contribution >= 4 is 24.1 Å². The van der Waals surface area contributed by atoms with Crippen LogP contribution >= 0.6 is 11.8 Å². The van der Waals surface area contributed by atoms with E-state index in [9.17, 15) is 9.59 Å². The molecule has 0 spiro atoms. The summed E-state index contributed by atoms with van der Waals surface area (Å²) in [6.45, 7) is 7.94. The zero-order chi connectivity index (χ0) is 12.6. The van der Waals surface area contributed by atoms with Gasteiger partial charge in [-0.15, -0.1) is 11.8 Å². The van der Waals surface area contributed by atoms with Crippen LogP contribution in [0.15, 0.2) is 0 Å². The lowest BCUT2D eigenvalue weighted by molar-refractivity contribution is -0.156. The SMILES string of the molecule is COC(=O)[C@]1(C)CS[C@H](C(C)(C)C)N1C=O. The molecule has 2 atom stereocenters. The maximum atomic E-state index is 11.7. The van der Waals surface area contributed by atoms with E-state index >= 15 is 0 Å². The number of thioether (sulfide) groups is 1. The molecule has 1 aliphatic rings. The number of nitrogens with zero attached hydrogens (tertiary/aromatic N) is 1. The Labute approximate surface area is 101 Å². The second-order valence-corrected chi connectivity index (χ2v) is 6.38. The third kappa shape index (κ3) is 2.05. The van der Waals surface area contributed by atoms with Crippen molar-refractivity contribution in [1.29, 1.82) is 0 Å². The predicted octanol–water partition coefficient (Wildman–Crippen LogP) is 1.50. The van der Waals surface area contributed by atoms with Gasteiger partial charge >= 0.3 is 5.97 Å². The predicted molar refractivity (Wildman–Crippen MR) is 64.0 cm³/mol. The van der Waals surface area contributed by atoms with E-state index in [4.69, 9.17) is 4.74 Å². The molecule has 4 nitrogen and oxygen atoms in total. The lowest BCUT2D eigenvalue weighted by atomic mass is 9.92. The quantitative estimate of drug-likeness (QED) is 0.546. The van der Waals surface area contributed by atoms with Crippen LogP contribution in [-0.2, 0) is 14.3 Å². The van der Waals surface area contributed by atoms with Crippen LogP contribution in [0.25, 0.3) is 0 Å². The minimum atomic E-state index is -0.834. The number of carbonyl (C=O) groups excluding carboxylic acids is 2. The van der Waals surface area contributed by atoms with Crippen molar-refractivity contribution in [2.75, 3.05) is 12.9 Å². The number of esters is 1. The summed E-state index contributed by atoms with van der Waals surface area (Å²) in [5, 5.41) is 0.00843. The van der Waals surface area contributed by atoms with Gasteiger partial charge in [-0.2, -0.15) is 0 Å². The maximum Gasteiger partial charge on any atom is 0.332 e. The van der Waals surface area contributed by atoms with Crippen LogP contribution in [0.5, 0.6) is 0 Å². The van der Waals surface area contributed by atoms with Crippen molar-refractivity contribution in [3.05, 3.63) is 0 Å². The highest BCUT2D eigenvalue weighted by atomic mass is 32.2. The van der Waals surface area contributed by atoms with Crippen LogP contribution < -0.4 is 0 Å². The van der Waals surface area contributed by atoms with Gasteiger partial charge < -0.3 is 9.64 Å². The fourth-order valence-electron chi connectivity index (χ4n) is 1.88. The number of rotatable bonds is 2. The third-order valence-corrected chi connectivity index (χ3v) is 4.80. The molecule has 16 heavy (non-hydrogen) atoms. The molecule has 0 aromatic rings. The maximum absolute atomic E-state index is 11.7. The Kier molecular flexibility index (Phi) is 3.57. The first-order valence-electron chi connectivity index (χ1n) is 5.21. The van der Waals surface area contributed by atoms with Gasteiger partial charge in [-0.05, 0) is 12.3 Å². The molecule has 1 heterocycles. The summed E-state index contributed by atoms with van der Waals surface area (Å²) in [4.78, 5) is 24.5. The molecule has 0 saturated carbocycles. The van der Waals surface area contributed by atoms with Gasteiger partial charge in [-0.25, -0.2) is 4.79 Å². The van der Waals surface area contributed by atoms with Crippen molar-refractivity contribution in [1.82, 2.24) is 4.90 Å².